The SMILES string of the molecule is Cn1ccc(Cn2cc(N)c(C(=O)O)n2)n1. The first-order valence-electron chi connectivity index (χ1n) is 4.61. The average Bonchev–Trinajstić information content (AvgIpc) is 2.73. The first-order valence-corrected chi connectivity index (χ1v) is 4.61. The molecule has 0 aromatic carbocycles. The maximum atomic E-state index is 10.7. The van der Waals surface area contributed by atoms with Crippen LogP contribution in [-0.2, 0) is 13.6 Å². The fourth-order valence-electron chi connectivity index (χ4n) is 1.40. The van der Waals surface area contributed by atoms with Gasteiger partial charge in [-0.15, -0.1) is 0 Å². The molecule has 0 spiro atoms. The highest BCUT2D eigenvalue weighted by atomic mass is 16.4. The summed E-state index contributed by atoms with van der Waals surface area (Å²) in [6, 6.07) is 1.83. The predicted molar refractivity (Wildman–Crippen MR) is 55.9 cm³/mol. The summed E-state index contributed by atoms with van der Waals surface area (Å²) in [6.07, 6.45) is 3.29. The molecule has 0 aliphatic carbocycles. The molecule has 0 saturated carbocycles. The van der Waals surface area contributed by atoms with Crippen molar-refractivity contribution in [1.29, 1.82) is 0 Å². The number of carboxylic acids is 1. The Morgan fingerprint density at radius 3 is 2.81 bits per heavy atom. The third-order valence-corrected chi connectivity index (χ3v) is 2.09. The number of nitrogens with two attached hydrogens (primary N) is 1. The minimum atomic E-state index is -1.13. The molecule has 0 bridgehead atoms. The molecule has 0 aliphatic rings. The number of carboxylic acid groups (broad SMARTS) is 1. The molecule has 16 heavy (non-hydrogen) atoms. The molecule has 2 rings (SSSR count). The molecule has 0 saturated heterocycles. The lowest BCUT2D eigenvalue weighted by atomic mass is 10.4. The van der Waals surface area contributed by atoms with Gasteiger partial charge in [-0.2, -0.15) is 10.2 Å². The van der Waals surface area contributed by atoms with Crippen LogP contribution in [0, 0.1) is 0 Å². The zero-order valence-electron chi connectivity index (χ0n) is 8.66. The highest BCUT2D eigenvalue weighted by Gasteiger charge is 2.13. The van der Waals surface area contributed by atoms with Crippen LogP contribution in [0.2, 0.25) is 0 Å². The van der Waals surface area contributed by atoms with Crippen molar-refractivity contribution in [1.82, 2.24) is 19.6 Å². The molecule has 0 aliphatic heterocycles. The second kappa shape index (κ2) is 3.69. The number of hydrogen-bond acceptors (Lipinski definition) is 4. The number of anilines is 1. The molecule has 0 unspecified atom stereocenters. The Bertz CT molecular complexity index is 528. The molecule has 7 nitrogen and oxygen atoms in total. The summed E-state index contributed by atoms with van der Waals surface area (Å²) in [5, 5.41) is 16.8. The van der Waals surface area contributed by atoms with E-state index in [9.17, 15) is 4.79 Å². The van der Waals surface area contributed by atoms with E-state index in [0.717, 1.165) is 5.69 Å². The van der Waals surface area contributed by atoms with Gasteiger partial charge >= 0.3 is 5.97 Å². The van der Waals surface area contributed by atoms with Gasteiger partial charge in [0, 0.05) is 19.4 Å². The van der Waals surface area contributed by atoms with Crippen LogP contribution in [0.25, 0.3) is 0 Å². The normalized spacial score (nSPS) is 10.6. The summed E-state index contributed by atoms with van der Waals surface area (Å²) in [7, 11) is 1.81. The molecule has 0 amide bonds. The largest absolute Gasteiger partial charge is 0.476 e. The van der Waals surface area contributed by atoms with Crippen LogP contribution < -0.4 is 5.73 Å². The second-order valence-electron chi connectivity index (χ2n) is 3.42. The summed E-state index contributed by atoms with van der Waals surface area (Å²) in [6.45, 7) is 0.401. The maximum absolute atomic E-state index is 10.7. The summed E-state index contributed by atoms with van der Waals surface area (Å²) in [4.78, 5) is 10.7. The molecular formula is C9H11N5O2. The molecule has 2 aromatic rings. The van der Waals surface area contributed by atoms with Gasteiger partial charge in [0.05, 0.1) is 17.9 Å². The van der Waals surface area contributed by atoms with Crippen molar-refractivity contribution in [3.63, 3.8) is 0 Å². The van der Waals surface area contributed by atoms with Gasteiger partial charge in [0.15, 0.2) is 5.69 Å². The summed E-state index contributed by atoms with van der Waals surface area (Å²) >= 11 is 0. The second-order valence-corrected chi connectivity index (χ2v) is 3.42. The zero-order chi connectivity index (χ0) is 11.7. The first-order chi connectivity index (χ1) is 7.56. The van der Waals surface area contributed by atoms with E-state index in [2.05, 4.69) is 10.2 Å². The lowest BCUT2D eigenvalue weighted by Crippen LogP contribution is -2.05. The lowest BCUT2D eigenvalue weighted by molar-refractivity contribution is 0.0690. The van der Waals surface area contributed by atoms with Gasteiger partial charge in [0.2, 0.25) is 0 Å². The Kier molecular flexibility index (Phi) is 2.35. The van der Waals surface area contributed by atoms with E-state index in [1.807, 2.05) is 13.1 Å². The molecule has 3 N–H and O–H groups in total. The number of nitrogens with zero attached hydrogens (tertiary/aromatic N) is 4. The van der Waals surface area contributed by atoms with Crippen molar-refractivity contribution in [2.24, 2.45) is 7.05 Å². The van der Waals surface area contributed by atoms with E-state index in [1.54, 1.807) is 10.9 Å². The van der Waals surface area contributed by atoms with Gasteiger partial charge in [-0.3, -0.25) is 9.36 Å². The quantitative estimate of drug-likeness (QED) is 0.756. The Morgan fingerprint density at radius 2 is 2.31 bits per heavy atom. The van der Waals surface area contributed by atoms with E-state index in [4.69, 9.17) is 10.8 Å². The Balaban J connectivity index is 2.22. The smallest absolute Gasteiger partial charge is 0.358 e. The molecule has 0 atom stereocenters. The minimum absolute atomic E-state index is 0.129. The summed E-state index contributed by atoms with van der Waals surface area (Å²) in [5.74, 6) is -1.13. The Morgan fingerprint density at radius 1 is 1.56 bits per heavy atom. The lowest BCUT2D eigenvalue weighted by Gasteiger charge is -1.96. The topological polar surface area (TPSA) is 99.0 Å². The fraction of sp³-hybridized carbons (Fsp3) is 0.222. The predicted octanol–water partition coefficient (Wildman–Crippen LogP) is -0.0547. The highest BCUT2D eigenvalue weighted by Crippen LogP contribution is 2.10. The summed E-state index contributed by atoms with van der Waals surface area (Å²) in [5.41, 5.74) is 6.33. The third kappa shape index (κ3) is 1.88. The number of nitrogen functional groups attached to an aromatic ring is 1. The number of carbonyl (C=O) groups is 1. The van der Waals surface area contributed by atoms with Crippen LogP contribution in [0.15, 0.2) is 18.5 Å². The van der Waals surface area contributed by atoms with Gasteiger partial charge < -0.3 is 10.8 Å². The first kappa shape index (κ1) is 10.2. The average molecular weight is 221 g/mol. The van der Waals surface area contributed by atoms with Crippen LogP contribution in [0.3, 0.4) is 0 Å². The number of hydrogen-bond donors (Lipinski definition) is 2. The van der Waals surface area contributed by atoms with Crippen LogP contribution in [-0.4, -0.2) is 30.6 Å². The molecular weight excluding hydrogens is 210 g/mol. The van der Waals surface area contributed by atoms with E-state index in [-0.39, 0.29) is 11.4 Å². The molecule has 7 heteroatoms. The minimum Gasteiger partial charge on any atom is -0.476 e. The van der Waals surface area contributed by atoms with Crippen molar-refractivity contribution in [2.75, 3.05) is 5.73 Å². The Hall–Kier alpha value is -2.31. The monoisotopic (exact) mass is 221 g/mol. The van der Waals surface area contributed by atoms with Crippen molar-refractivity contribution in [3.05, 3.63) is 29.8 Å². The van der Waals surface area contributed by atoms with Crippen molar-refractivity contribution in [2.45, 2.75) is 6.54 Å². The maximum Gasteiger partial charge on any atom is 0.358 e. The summed E-state index contributed by atoms with van der Waals surface area (Å²) < 4.78 is 3.13. The highest BCUT2D eigenvalue weighted by molar-refractivity contribution is 5.91. The Labute approximate surface area is 91.1 Å². The van der Waals surface area contributed by atoms with E-state index < -0.39 is 5.97 Å². The molecule has 0 radical (unpaired) electrons. The van der Waals surface area contributed by atoms with Crippen molar-refractivity contribution < 1.29 is 9.90 Å². The van der Waals surface area contributed by atoms with Gasteiger partial charge in [-0.05, 0) is 6.07 Å². The third-order valence-electron chi connectivity index (χ3n) is 2.09. The number of aromatic nitrogens is 4. The molecule has 2 heterocycles. The molecule has 84 valence electrons. The fourth-order valence-corrected chi connectivity index (χ4v) is 1.40. The van der Waals surface area contributed by atoms with Crippen LogP contribution in [0.1, 0.15) is 16.2 Å². The number of rotatable bonds is 3. The van der Waals surface area contributed by atoms with Gasteiger partial charge in [-0.1, -0.05) is 0 Å². The number of aromatic carboxylic acids is 1. The zero-order valence-corrected chi connectivity index (χ0v) is 8.66. The molecule has 0 fully saturated rings. The van der Waals surface area contributed by atoms with E-state index in [0.29, 0.717) is 6.54 Å². The van der Waals surface area contributed by atoms with Gasteiger partial charge in [-0.25, -0.2) is 4.79 Å². The van der Waals surface area contributed by atoms with Gasteiger partial charge in [0.1, 0.15) is 0 Å². The van der Waals surface area contributed by atoms with Gasteiger partial charge in [0.25, 0.3) is 0 Å². The van der Waals surface area contributed by atoms with Crippen LogP contribution in [0.5, 0.6) is 0 Å². The van der Waals surface area contributed by atoms with Crippen molar-refractivity contribution in [3.8, 4) is 0 Å². The van der Waals surface area contributed by atoms with Crippen LogP contribution in [0.4, 0.5) is 5.69 Å². The van der Waals surface area contributed by atoms with E-state index in [1.165, 1.54) is 10.9 Å². The van der Waals surface area contributed by atoms with Crippen LogP contribution >= 0.6 is 0 Å². The number of aryl methyl sites for hydroxylation is 1. The molecule has 2 aromatic heterocycles. The van der Waals surface area contributed by atoms with E-state index >= 15 is 0 Å². The van der Waals surface area contributed by atoms with Crippen molar-refractivity contribution >= 4 is 11.7 Å². The standard InChI is InChI=1S/C9H11N5O2/c1-13-3-2-6(11-13)4-14-5-7(10)8(12-14)9(15)16/h2-3,5H,4,10H2,1H3,(H,15,16).